The Morgan fingerprint density at radius 2 is 2.33 bits per heavy atom. The van der Waals surface area contributed by atoms with Gasteiger partial charge in [0.05, 0.1) is 23.5 Å². The lowest BCUT2D eigenvalue weighted by Crippen LogP contribution is -2.27. The molecule has 6 heteroatoms. The number of aromatic nitrogens is 2. The molecular weight excluding hydrogens is 271 g/mol. The summed E-state index contributed by atoms with van der Waals surface area (Å²) in [5, 5.41) is 16.3. The second-order valence-electron chi connectivity index (χ2n) is 4.92. The monoisotopic (exact) mass is 284 g/mol. The van der Waals surface area contributed by atoms with E-state index in [1.54, 1.807) is 18.2 Å². The molecule has 0 radical (unpaired) electrons. The molecule has 0 unspecified atom stereocenters. The summed E-state index contributed by atoms with van der Waals surface area (Å²) in [6.45, 7) is 0.852. The van der Waals surface area contributed by atoms with Crippen molar-refractivity contribution in [3.8, 4) is 6.07 Å². The smallest absolute Gasteiger partial charge is 0.269 e. The zero-order chi connectivity index (χ0) is 14.8. The molecule has 1 N–H and O–H groups in total. The average molecular weight is 284 g/mol. The summed E-state index contributed by atoms with van der Waals surface area (Å²) in [5.74, 6) is -0.593. The number of hydrogen-bond acceptors (Lipinski definition) is 4. The molecule has 0 saturated carbocycles. The summed E-state index contributed by atoms with van der Waals surface area (Å²) < 4.78 is 15.3. The Balaban J connectivity index is 1.99. The lowest BCUT2D eigenvalue weighted by Gasteiger charge is -2.17. The minimum atomic E-state index is -0.593. The predicted molar refractivity (Wildman–Crippen MR) is 75.5 cm³/mol. The Hall–Kier alpha value is -2.68. The van der Waals surface area contributed by atoms with Crippen LogP contribution < -0.4 is 10.9 Å². The standard InChI is InChI=1S/C15H13FN4O/c16-15-10(8-17)3-1-4-11(15)9-20-14(21)7-13-12(19-20)5-2-6-18-13/h1,3-4,7,18H,2,5-6,9H2. The SMILES string of the molecule is N#Cc1cccc(Cn2nc3c(cc2=O)NCCC3)c1F. The van der Waals surface area contributed by atoms with Crippen molar-refractivity contribution in [2.24, 2.45) is 0 Å². The van der Waals surface area contributed by atoms with Crippen molar-refractivity contribution < 1.29 is 4.39 Å². The quantitative estimate of drug-likeness (QED) is 0.910. The summed E-state index contributed by atoms with van der Waals surface area (Å²) in [6, 6.07) is 7.85. The van der Waals surface area contributed by atoms with E-state index < -0.39 is 5.82 Å². The van der Waals surface area contributed by atoms with Crippen LogP contribution in [0.5, 0.6) is 0 Å². The molecule has 21 heavy (non-hydrogen) atoms. The number of aryl methyl sites for hydroxylation is 1. The van der Waals surface area contributed by atoms with Gasteiger partial charge < -0.3 is 5.32 Å². The van der Waals surface area contributed by atoms with Crippen LogP contribution in [0, 0.1) is 17.1 Å². The van der Waals surface area contributed by atoms with Crippen LogP contribution in [0.2, 0.25) is 0 Å². The van der Waals surface area contributed by atoms with Crippen molar-refractivity contribution >= 4 is 5.69 Å². The van der Waals surface area contributed by atoms with Crippen LogP contribution in [-0.4, -0.2) is 16.3 Å². The molecule has 1 aromatic carbocycles. The molecule has 106 valence electrons. The molecule has 3 rings (SSSR count). The lowest BCUT2D eigenvalue weighted by molar-refractivity contribution is 0.560. The maximum atomic E-state index is 14.1. The van der Waals surface area contributed by atoms with E-state index in [-0.39, 0.29) is 23.2 Å². The molecule has 0 aliphatic carbocycles. The molecule has 0 amide bonds. The minimum absolute atomic E-state index is 0.0213. The van der Waals surface area contributed by atoms with Gasteiger partial charge in [-0.25, -0.2) is 9.07 Å². The Morgan fingerprint density at radius 1 is 1.48 bits per heavy atom. The van der Waals surface area contributed by atoms with Crippen molar-refractivity contribution in [2.75, 3.05) is 11.9 Å². The normalized spacial score (nSPS) is 13.1. The van der Waals surface area contributed by atoms with Crippen molar-refractivity contribution in [2.45, 2.75) is 19.4 Å². The van der Waals surface area contributed by atoms with Crippen LogP contribution in [0.1, 0.15) is 23.2 Å². The van der Waals surface area contributed by atoms with Crippen LogP contribution in [0.25, 0.3) is 0 Å². The van der Waals surface area contributed by atoms with Gasteiger partial charge in [0.25, 0.3) is 5.56 Å². The average Bonchev–Trinajstić information content (AvgIpc) is 2.50. The molecule has 0 saturated heterocycles. The molecule has 5 nitrogen and oxygen atoms in total. The molecule has 2 aromatic rings. The number of halogens is 1. The second-order valence-corrected chi connectivity index (χ2v) is 4.92. The largest absolute Gasteiger partial charge is 0.383 e. The zero-order valence-corrected chi connectivity index (χ0v) is 11.3. The molecular formula is C15H13FN4O. The highest BCUT2D eigenvalue weighted by Crippen LogP contribution is 2.17. The topological polar surface area (TPSA) is 70.7 Å². The third-order valence-corrected chi connectivity index (χ3v) is 3.50. The van der Waals surface area contributed by atoms with E-state index in [2.05, 4.69) is 10.4 Å². The Kier molecular flexibility index (Phi) is 3.40. The van der Waals surface area contributed by atoms with Gasteiger partial charge in [0.2, 0.25) is 0 Å². The van der Waals surface area contributed by atoms with E-state index in [9.17, 15) is 9.18 Å². The van der Waals surface area contributed by atoms with Crippen LogP contribution in [-0.2, 0) is 13.0 Å². The minimum Gasteiger partial charge on any atom is -0.383 e. The van der Waals surface area contributed by atoms with E-state index in [0.717, 1.165) is 30.8 Å². The predicted octanol–water partition coefficient (Wildman–Crippen LogP) is 1.66. The number of anilines is 1. The maximum absolute atomic E-state index is 14.1. The molecule has 0 bridgehead atoms. The van der Waals surface area contributed by atoms with Crippen molar-refractivity contribution in [1.29, 1.82) is 5.26 Å². The van der Waals surface area contributed by atoms with E-state index in [0.29, 0.717) is 0 Å². The number of nitrogens with zero attached hydrogens (tertiary/aromatic N) is 3. The summed E-state index contributed by atoms with van der Waals surface area (Å²) in [4.78, 5) is 12.0. The fourth-order valence-electron chi connectivity index (χ4n) is 2.41. The van der Waals surface area contributed by atoms with Gasteiger partial charge in [-0.3, -0.25) is 4.79 Å². The van der Waals surface area contributed by atoms with Gasteiger partial charge in [-0.15, -0.1) is 0 Å². The molecule has 2 heterocycles. The van der Waals surface area contributed by atoms with E-state index in [1.165, 1.54) is 16.8 Å². The first-order valence-electron chi connectivity index (χ1n) is 6.71. The molecule has 0 atom stereocenters. The van der Waals surface area contributed by atoms with Crippen LogP contribution in [0.15, 0.2) is 29.1 Å². The fourth-order valence-corrected chi connectivity index (χ4v) is 2.41. The summed E-state index contributed by atoms with van der Waals surface area (Å²) in [5.41, 5.74) is 1.55. The van der Waals surface area contributed by atoms with Gasteiger partial charge in [0.15, 0.2) is 0 Å². The maximum Gasteiger partial charge on any atom is 0.269 e. The van der Waals surface area contributed by atoms with Crippen LogP contribution in [0.4, 0.5) is 10.1 Å². The van der Waals surface area contributed by atoms with Crippen molar-refractivity contribution in [1.82, 2.24) is 9.78 Å². The lowest BCUT2D eigenvalue weighted by atomic mass is 10.1. The number of nitriles is 1. The van der Waals surface area contributed by atoms with Gasteiger partial charge in [0, 0.05) is 18.2 Å². The summed E-state index contributed by atoms with van der Waals surface area (Å²) >= 11 is 0. The number of rotatable bonds is 2. The van der Waals surface area contributed by atoms with Gasteiger partial charge in [-0.2, -0.15) is 10.4 Å². The van der Waals surface area contributed by atoms with Crippen molar-refractivity contribution in [3.05, 3.63) is 57.3 Å². The number of hydrogen-bond donors (Lipinski definition) is 1. The highest BCUT2D eigenvalue weighted by molar-refractivity contribution is 5.48. The van der Waals surface area contributed by atoms with Gasteiger partial charge in [-0.1, -0.05) is 12.1 Å². The molecule has 1 aromatic heterocycles. The Bertz CT molecular complexity index is 791. The third kappa shape index (κ3) is 2.50. The van der Waals surface area contributed by atoms with E-state index in [1.807, 2.05) is 0 Å². The number of fused-ring (bicyclic) bond motifs is 1. The Morgan fingerprint density at radius 3 is 3.14 bits per heavy atom. The highest BCUT2D eigenvalue weighted by atomic mass is 19.1. The zero-order valence-electron chi connectivity index (χ0n) is 11.3. The summed E-state index contributed by atoms with van der Waals surface area (Å²) in [7, 11) is 0. The van der Waals surface area contributed by atoms with Crippen molar-refractivity contribution in [3.63, 3.8) is 0 Å². The summed E-state index contributed by atoms with van der Waals surface area (Å²) in [6.07, 6.45) is 1.75. The first kappa shape index (κ1) is 13.3. The molecule has 0 spiro atoms. The third-order valence-electron chi connectivity index (χ3n) is 3.50. The number of benzene rings is 1. The van der Waals surface area contributed by atoms with Crippen LogP contribution in [0.3, 0.4) is 0 Å². The van der Waals surface area contributed by atoms with E-state index >= 15 is 0 Å². The first-order chi connectivity index (χ1) is 10.2. The fraction of sp³-hybridized carbons (Fsp3) is 0.267. The van der Waals surface area contributed by atoms with Gasteiger partial charge >= 0.3 is 0 Å². The highest BCUT2D eigenvalue weighted by Gasteiger charge is 2.14. The number of nitrogens with one attached hydrogen (secondary N) is 1. The van der Waals surface area contributed by atoms with E-state index in [4.69, 9.17) is 5.26 Å². The van der Waals surface area contributed by atoms with Crippen LogP contribution >= 0.6 is 0 Å². The second kappa shape index (κ2) is 5.37. The molecule has 0 fully saturated rings. The molecule has 1 aliphatic rings. The van der Waals surface area contributed by atoms with Gasteiger partial charge in [0.1, 0.15) is 11.9 Å². The first-order valence-corrected chi connectivity index (χ1v) is 6.71. The van der Waals surface area contributed by atoms with Gasteiger partial charge in [-0.05, 0) is 18.9 Å². The Labute approximate surface area is 120 Å². The molecule has 1 aliphatic heterocycles.